The monoisotopic (exact) mass is 1650 g/mol. The number of hydrogen-bond acceptors (Lipinski definition) is 15. The van der Waals surface area contributed by atoms with Crippen molar-refractivity contribution in [1.82, 2.24) is 84.1 Å². The minimum absolute atomic E-state index is 0.0529. The molecule has 5 saturated heterocycles. The number of nitrogens with one attached hydrogen (secondary N) is 4. The van der Waals surface area contributed by atoms with Gasteiger partial charge in [0.1, 0.15) is 45.3 Å². The van der Waals surface area contributed by atoms with Crippen molar-refractivity contribution >= 4 is 85.5 Å². The summed E-state index contributed by atoms with van der Waals surface area (Å²) in [6.07, 6.45) is 23.0. The summed E-state index contributed by atoms with van der Waals surface area (Å²) in [5.74, 6) is -0.933. The Hall–Kier alpha value is -12.5. The Morgan fingerprint density at radius 1 is 0.421 bits per heavy atom. The Kier molecular flexibility index (Phi) is 26.3. The van der Waals surface area contributed by atoms with E-state index >= 15 is 0 Å². The number of aromatic nitrogens is 9. The van der Waals surface area contributed by atoms with Crippen LogP contribution in [0, 0.1) is 6.92 Å². The molecule has 9 aromatic heterocycles. The minimum atomic E-state index is -1.22. The van der Waals surface area contributed by atoms with Crippen LogP contribution >= 0.6 is 0 Å². The average Bonchev–Trinajstić information content (AvgIpc) is 1.37. The average molecular weight is 1650 g/mol. The van der Waals surface area contributed by atoms with Gasteiger partial charge in [0, 0.05) is 164 Å². The molecule has 0 atom stereocenters. The van der Waals surface area contributed by atoms with Gasteiger partial charge < -0.3 is 64.8 Å². The van der Waals surface area contributed by atoms with Crippen LogP contribution in [-0.4, -0.2) is 229 Å². The molecule has 5 aliphatic rings. The van der Waals surface area contributed by atoms with E-state index in [-0.39, 0.29) is 60.6 Å². The number of nitrogens with zero attached hydrogens (tertiary/aromatic N) is 13. The number of carbonyl (C=O) groups is 7. The number of fused-ring (bicyclic) bond motifs is 4. The van der Waals surface area contributed by atoms with Crippen LogP contribution in [0.15, 0.2) is 189 Å². The van der Waals surface area contributed by atoms with Gasteiger partial charge in [0.05, 0.1) is 53.4 Å². The van der Waals surface area contributed by atoms with Gasteiger partial charge in [-0.25, -0.2) is 38.1 Å². The highest BCUT2D eigenvalue weighted by Gasteiger charge is 2.35. The summed E-state index contributed by atoms with van der Waals surface area (Å²) in [6, 6.07) is 40.7. The maximum Gasteiger partial charge on any atom is 0.269 e. The molecule has 0 radical (unpaired) electrons. The molecule has 3 aromatic carbocycles. The highest BCUT2D eigenvalue weighted by molar-refractivity contribution is 6.01. The predicted molar refractivity (Wildman–Crippen MR) is 457 cm³/mol. The van der Waals surface area contributed by atoms with Gasteiger partial charge in [0.15, 0.2) is 0 Å². The maximum absolute atomic E-state index is 14.1. The smallest absolute Gasteiger partial charge is 0.269 e. The van der Waals surface area contributed by atoms with Crippen LogP contribution in [0.4, 0.5) is 13.2 Å². The van der Waals surface area contributed by atoms with Crippen LogP contribution in [0.5, 0.6) is 0 Å². The molecule has 14 heterocycles. The zero-order valence-corrected chi connectivity index (χ0v) is 68.7. The minimum Gasteiger partial charge on any atom is -0.394 e. The van der Waals surface area contributed by atoms with Crippen molar-refractivity contribution < 1.29 is 56.9 Å². The van der Waals surface area contributed by atoms with Gasteiger partial charge in [-0.15, -0.1) is 0 Å². The Balaban J connectivity index is 0.000000133. The molecule has 5 fully saturated rings. The lowest BCUT2D eigenvalue weighted by molar-refractivity contribution is 0.0493. The fraction of sp³-hybridized carbons (Fsp3) is 0.370. The number of aliphatic hydroxyl groups is 2. The van der Waals surface area contributed by atoms with E-state index in [4.69, 9.17) is 10.2 Å². The van der Waals surface area contributed by atoms with Crippen LogP contribution in [0.25, 0.3) is 66.9 Å². The van der Waals surface area contributed by atoms with Gasteiger partial charge >= 0.3 is 0 Å². The number of alkyl halides is 3. The van der Waals surface area contributed by atoms with Crippen molar-refractivity contribution in [2.75, 3.05) is 85.2 Å². The van der Waals surface area contributed by atoms with Gasteiger partial charge in [-0.3, -0.25) is 38.1 Å². The number of pyridine rings is 5. The summed E-state index contributed by atoms with van der Waals surface area (Å²) in [7, 11) is 0. The predicted octanol–water partition coefficient (Wildman–Crippen LogP) is 12.6. The van der Waals surface area contributed by atoms with Crippen molar-refractivity contribution in [3.05, 3.63) is 234 Å². The molecule has 29 heteroatoms. The first-order chi connectivity index (χ1) is 58.3. The van der Waals surface area contributed by atoms with E-state index in [1.807, 2.05) is 111 Å². The molecule has 0 spiro atoms. The third-order valence-corrected chi connectivity index (χ3v) is 23.2. The first-order valence-corrected chi connectivity index (χ1v) is 41.5. The topological polar surface area (TPSA) is 305 Å². The summed E-state index contributed by atoms with van der Waals surface area (Å²) in [4.78, 5) is 117. The van der Waals surface area contributed by atoms with E-state index < -0.39 is 23.0 Å². The van der Waals surface area contributed by atoms with E-state index in [9.17, 15) is 46.7 Å². The number of rotatable bonds is 16. The van der Waals surface area contributed by atoms with E-state index in [1.54, 1.807) is 109 Å². The molecule has 7 amide bonds. The fourth-order valence-electron chi connectivity index (χ4n) is 15.6. The van der Waals surface area contributed by atoms with Crippen molar-refractivity contribution in [1.29, 1.82) is 0 Å². The van der Waals surface area contributed by atoms with Gasteiger partial charge in [-0.2, -0.15) is 0 Å². The lowest BCUT2D eigenvalue weighted by Crippen LogP contribution is -2.43. The summed E-state index contributed by atoms with van der Waals surface area (Å²) in [5.41, 5.74) is 7.66. The third-order valence-electron chi connectivity index (χ3n) is 23.2. The van der Waals surface area contributed by atoms with Gasteiger partial charge in [0.2, 0.25) is 0 Å². The zero-order chi connectivity index (χ0) is 85.1. The number of likely N-dealkylation sites (tertiary alicyclic amines) is 4. The van der Waals surface area contributed by atoms with E-state index in [0.29, 0.717) is 135 Å². The molecular formula is C92H102F3N17O9. The summed E-state index contributed by atoms with van der Waals surface area (Å²) in [5, 5.41) is 33.4. The second-order valence-corrected chi connectivity index (χ2v) is 32.5. The van der Waals surface area contributed by atoms with Crippen molar-refractivity contribution in [2.45, 2.75) is 134 Å². The number of amides is 7. The van der Waals surface area contributed by atoms with Gasteiger partial charge in [0.25, 0.3) is 41.4 Å². The number of carbonyl (C=O) groups excluding carboxylic acids is 7. The first-order valence-electron chi connectivity index (χ1n) is 41.5. The Morgan fingerprint density at radius 3 is 1.11 bits per heavy atom. The van der Waals surface area contributed by atoms with Crippen LogP contribution < -0.4 is 21.3 Å². The number of aryl methyl sites for hydroxylation is 1. The van der Waals surface area contributed by atoms with Gasteiger partial charge in [-0.1, -0.05) is 17.7 Å². The summed E-state index contributed by atoms with van der Waals surface area (Å²) >= 11 is 0. The number of aliphatic hydroxyl groups excluding tert-OH is 2. The molecule has 121 heavy (non-hydrogen) atoms. The highest BCUT2D eigenvalue weighted by atomic mass is 19.2. The Labute approximate surface area is 699 Å². The number of halogens is 3. The molecule has 630 valence electrons. The first kappa shape index (κ1) is 85.0. The standard InChI is InChI=1S/C26H30FN5O2.C24H27FN4O4.C22H24FN5O2.C20H21N3O/c1-26(27)9-14-31(15-10-26)25(34)20-16-19-8-13-32(23(19)29-17-20)22-4-2-18(3-5-22)24(33)30-21-6-11-28-12-7-21;1-24(25)7-10-28(11-8-24)23(33)18-12-17-6-9-29(21(17)26-13-18)20-4-2-16(3-5-20)22(32)27-19(14-30)15-31;1-3-24-20(29)18-5-4-17(14-25-18)28-9-6-15-12-16(13-26-19(15)28)21(30)27-10-7-22(2,23)8-11-27;1-15-5-7-18(8-6-15)23-12-9-16-13-17(14-21-19(16)23)20(24)22-10-3-2-4-11-22/h2-5,8,13,16-17,21,28H,6-7,9-12,14-15H2,1H3,(H,30,33);2-6,9,12-13,19,30-31H,7-8,10-11,14-15H2,1H3,(H,27,32);4-6,9,12-14H,3,7-8,10-11H2,1-2H3,(H,24,29);5-9,12-14H,2-4,10-11H2,1H3. The van der Waals surface area contributed by atoms with E-state index in [0.717, 1.165) is 107 Å². The van der Waals surface area contributed by atoms with Crippen molar-refractivity contribution in [3.8, 4) is 22.7 Å². The zero-order valence-electron chi connectivity index (χ0n) is 68.7. The molecule has 0 bridgehead atoms. The summed E-state index contributed by atoms with van der Waals surface area (Å²) < 4.78 is 49.8. The molecule has 12 aromatic rings. The van der Waals surface area contributed by atoms with Crippen molar-refractivity contribution in [3.63, 3.8) is 0 Å². The Bertz CT molecular complexity index is 5680. The number of hydrogen-bond donors (Lipinski definition) is 6. The quantitative estimate of drug-likeness (QED) is 0.0524. The second kappa shape index (κ2) is 37.4. The molecular weight excluding hydrogens is 1540 g/mol. The normalized spacial score (nSPS) is 16.5. The molecule has 0 saturated carbocycles. The maximum atomic E-state index is 14.1. The van der Waals surface area contributed by atoms with Gasteiger partial charge in [-0.05, 0) is 240 Å². The molecule has 26 nitrogen and oxygen atoms in total. The molecule has 0 unspecified atom stereocenters. The van der Waals surface area contributed by atoms with E-state index in [2.05, 4.69) is 81.9 Å². The lowest BCUT2D eigenvalue weighted by Gasteiger charge is -2.34. The lowest BCUT2D eigenvalue weighted by atomic mass is 9.95. The molecule has 5 aliphatic heterocycles. The molecule has 0 aliphatic carbocycles. The highest BCUT2D eigenvalue weighted by Crippen LogP contribution is 2.33. The molecule has 17 rings (SSSR count). The van der Waals surface area contributed by atoms with Crippen molar-refractivity contribution in [2.24, 2.45) is 0 Å². The Morgan fingerprint density at radius 2 is 0.760 bits per heavy atom. The molecule has 6 N–H and O–H groups in total. The summed E-state index contributed by atoms with van der Waals surface area (Å²) in [6.45, 7) is 14.6. The fourth-order valence-corrected chi connectivity index (χ4v) is 15.6. The second-order valence-electron chi connectivity index (χ2n) is 32.5. The third kappa shape index (κ3) is 20.4. The van der Waals surface area contributed by atoms with Crippen LogP contribution in [0.2, 0.25) is 0 Å². The van der Waals surface area contributed by atoms with E-state index in [1.165, 1.54) is 18.2 Å². The SMILES string of the molecule is CC1(F)CCN(C(=O)c2cnc3c(ccn3-c3ccc(C(=O)NC(CO)CO)cc3)c2)CC1.CC1(F)CCN(C(=O)c2cnc3c(ccn3-c3ccc(C(=O)NC4CCNCC4)cc3)c2)CC1.CCNC(=O)c1ccc(-n2ccc3cc(C(=O)N4CCC(C)(F)CC4)cnc32)cn1.Cc1ccc(-n2ccc3cc(C(=O)N4CCCCC4)cnc32)cc1. The number of piperidine rings is 5. The number of benzene rings is 3. The van der Waals surface area contributed by atoms with Crippen LogP contribution in [0.1, 0.15) is 177 Å². The largest absolute Gasteiger partial charge is 0.394 e. The van der Waals surface area contributed by atoms with Crippen LogP contribution in [-0.2, 0) is 0 Å². The van der Waals surface area contributed by atoms with Crippen LogP contribution in [0.3, 0.4) is 0 Å².